The van der Waals surface area contributed by atoms with Crippen molar-refractivity contribution in [2.24, 2.45) is 0 Å². The Morgan fingerprint density at radius 2 is 2.37 bits per heavy atom. The monoisotopic (exact) mass is 282 g/mol. The Balaban J connectivity index is 1.89. The van der Waals surface area contributed by atoms with Gasteiger partial charge in [-0.2, -0.15) is 0 Å². The van der Waals surface area contributed by atoms with Crippen LogP contribution in [0.15, 0.2) is 17.5 Å². The van der Waals surface area contributed by atoms with Crippen LogP contribution in [-0.2, 0) is 4.79 Å². The zero-order chi connectivity index (χ0) is 13.8. The van der Waals surface area contributed by atoms with Crippen molar-refractivity contribution in [1.82, 2.24) is 9.80 Å². The number of carbonyl (C=O) groups is 2. The van der Waals surface area contributed by atoms with Gasteiger partial charge in [0.1, 0.15) is 0 Å². The summed E-state index contributed by atoms with van der Waals surface area (Å²) in [4.78, 5) is 27.7. The van der Waals surface area contributed by atoms with Crippen LogP contribution >= 0.6 is 11.3 Å². The predicted molar refractivity (Wildman–Crippen MR) is 73.1 cm³/mol. The lowest BCUT2D eigenvalue weighted by Gasteiger charge is -2.31. The molecule has 0 bridgehead atoms. The van der Waals surface area contributed by atoms with Crippen LogP contribution in [0.25, 0.3) is 0 Å². The second-order valence-electron chi connectivity index (χ2n) is 4.77. The summed E-state index contributed by atoms with van der Waals surface area (Å²) < 4.78 is 0. The second kappa shape index (κ2) is 6.16. The van der Waals surface area contributed by atoms with Crippen molar-refractivity contribution in [3.8, 4) is 0 Å². The summed E-state index contributed by atoms with van der Waals surface area (Å²) in [6.45, 7) is 1.10. The Bertz CT molecular complexity index is 447. The van der Waals surface area contributed by atoms with E-state index in [1.54, 1.807) is 18.0 Å². The van der Waals surface area contributed by atoms with Crippen molar-refractivity contribution in [2.75, 3.05) is 26.7 Å². The Kier molecular flexibility index (Phi) is 4.55. The first-order chi connectivity index (χ1) is 9.08. The number of carbonyl (C=O) groups excluding carboxylic acids is 2. The van der Waals surface area contributed by atoms with Crippen molar-refractivity contribution in [1.29, 1.82) is 0 Å². The van der Waals surface area contributed by atoms with E-state index in [2.05, 4.69) is 0 Å². The molecule has 0 unspecified atom stereocenters. The molecule has 0 aromatic carbocycles. The van der Waals surface area contributed by atoms with Crippen molar-refractivity contribution in [3.05, 3.63) is 22.4 Å². The minimum absolute atomic E-state index is 0.0590. The zero-order valence-electron chi connectivity index (χ0n) is 10.9. The molecular formula is C13H18N2O3S. The van der Waals surface area contributed by atoms with Crippen molar-refractivity contribution in [2.45, 2.75) is 18.9 Å². The molecule has 2 amide bonds. The maximum atomic E-state index is 12.1. The third kappa shape index (κ3) is 3.54. The van der Waals surface area contributed by atoms with Crippen LogP contribution < -0.4 is 0 Å². The van der Waals surface area contributed by atoms with Gasteiger partial charge < -0.3 is 14.9 Å². The van der Waals surface area contributed by atoms with Crippen LogP contribution in [0.4, 0.5) is 0 Å². The minimum atomic E-state index is -0.434. The molecule has 19 heavy (non-hydrogen) atoms. The molecule has 0 saturated carbocycles. The van der Waals surface area contributed by atoms with Crippen LogP contribution in [0.2, 0.25) is 0 Å². The van der Waals surface area contributed by atoms with Crippen LogP contribution in [0.3, 0.4) is 0 Å². The smallest absolute Gasteiger partial charge is 0.264 e. The Labute approximate surface area is 116 Å². The number of β-amino-alcohol motifs (C(OH)–C–C–N with tert-alkyl or cyclic N) is 1. The number of likely N-dealkylation sites (tertiary alicyclic amines) is 1. The topological polar surface area (TPSA) is 60.9 Å². The van der Waals surface area contributed by atoms with Gasteiger partial charge in [-0.05, 0) is 24.3 Å². The van der Waals surface area contributed by atoms with E-state index in [9.17, 15) is 14.7 Å². The molecule has 1 aromatic heterocycles. The van der Waals surface area contributed by atoms with E-state index in [1.165, 1.54) is 16.2 Å². The third-order valence-electron chi connectivity index (χ3n) is 3.20. The number of aliphatic hydroxyl groups is 1. The van der Waals surface area contributed by atoms with Gasteiger partial charge in [-0.15, -0.1) is 11.3 Å². The SMILES string of the molecule is CN(CC(=O)N1CCC[C@H](O)C1)C(=O)c1cccs1. The highest BCUT2D eigenvalue weighted by Gasteiger charge is 2.24. The van der Waals surface area contributed by atoms with E-state index in [4.69, 9.17) is 0 Å². The maximum Gasteiger partial charge on any atom is 0.264 e. The fourth-order valence-electron chi connectivity index (χ4n) is 2.14. The average Bonchev–Trinajstić information content (AvgIpc) is 2.91. The molecule has 0 spiro atoms. The van der Waals surface area contributed by atoms with Gasteiger partial charge in [0.05, 0.1) is 17.5 Å². The molecule has 1 atom stereocenters. The summed E-state index contributed by atoms with van der Waals surface area (Å²) in [5.41, 5.74) is 0. The van der Waals surface area contributed by atoms with Gasteiger partial charge in [0.15, 0.2) is 0 Å². The van der Waals surface area contributed by atoms with E-state index in [0.29, 0.717) is 18.0 Å². The summed E-state index contributed by atoms with van der Waals surface area (Å²) in [6, 6.07) is 3.56. The van der Waals surface area contributed by atoms with Gasteiger partial charge in [0.25, 0.3) is 5.91 Å². The van der Waals surface area contributed by atoms with Crippen LogP contribution in [0, 0.1) is 0 Å². The first-order valence-electron chi connectivity index (χ1n) is 6.32. The lowest BCUT2D eigenvalue weighted by Crippen LogP contribution is -2.46. The number of piperidine rings is 1. The van der Waals surface area contributed by atoms with E-state index >= 15 is 0 Å². The predicted octanol–water partition coefficient (Wildman–Crippen LogP) is 0.803. The Hall–Kier alpha value is -1.40. The summed E-state index contributed by atoms with van der Waals surface area (Å²) in [5.74, 6) is -0.243. The van der Waals surface area contributed by atoms with Crippen molar-refractivity contribution in [3.63, 3.8) is 0 Å². The molecule has 0 aliphatic carbocycles. The molecule has 1 aromatic rings. The highest BCUT2D eigenvalue weighted by atomic mass is 32.1. The highest BCUT2D eigenvalue weighted by Crippen LogP contribution is 2.13. The quantitative estimate of drug-likeness (QED) is 0.892. The number of likely N-dealkylation sites (N-methyl/N-ethyl adjacent to an activating group) is 1. The zero-order valence-corrected chi connectivity index (χ0v) is 11.7. The van der Waals surface area contributed by atoms with E-state index in [1.807, 2.05) is 11.4 Å². The van der Waals surface area contributed by atoms with Gasteiger partial charge in [0.2, 0.25) is 5.91 Å². The van der Waals surface area contributed by atoms with E-state index < -0.39 is 6.10 Å². The van der Waals surface area contributed by atoms with Gasteiger partial charge >= 0.3 is 0 Å². The molecule has 1 aliphatic rings. The Morgan fingerprint density at radius 1 is 1.58 bits per heavy atom. The number of hydrogen-bond acceptors (Lipinski definition) is 4. The number of thiophene rings is 1. The summed E-state index contributed by atoms with van der Waals surface area (Å²) in [7, 11) is 1.63. The first-order valence-corrected chi connectivity index (χ1v) is 7.20. The summed E-state index contributed by atoms with van der Waals surface area (Å²) in [6.07, 6.45) is 1.12. The molecule has 1 aliphatic heterocycles. The fourth-order valence-corrected chi connectivity index (χ4v) is 2.86. The van der Waals surface area contributed by atoms with Gasteiger partial charge in [0, 0.05) is 20.1 Å². The van der Waals surface area contributed by atoms with Crippen molar-refractivity contribution >= 4 is 23.2 Å². The largest absolute Gasteiger partial charge is 0.391 e. The van der Waals surface area contributed by atoms with Gasteiger partial charge in [-0.3, -0.25) is 9.59 Å². The number of amides is 2. The summed E-state index contributed by atoms with van der Waals surface area (Å²) in [5, 5.41) is 11.4. The number of aliphatic hydroxyl groups excluding tert-OH is 1. The van der Waals surface area contributed by atoms with E-state index in [0.717, 1.165) is 12.8 Å². The molecule has 1 N–H and O–H groups in total. The third-order valence-corrected chi connectivity index (χ3v) is 4.06. The molecule has 0 radical (unpaired) electrons. The van der Waals surface area contributed by atoms with Gasteiger partial charge in [-0.25, -0.2) is 0 Å². The molecule has 5 nitrogen and oxygen atoms in total. The number of rotatable bonds is 3. The van der Waals surface area contributed by atoms with E-state index in [-0.39, 0.29) is 18.4 Å². The maximum absolute atomic E-state index is 12.1. The molecule has 1 saturated heterocycles. The minimum Gasteiger partial charge on any atom is -0.391 e. The number of hydrogen-bond donors (Lipinski definition) is 1. The van der Waals surface area contributed by atoms with Crippen LogP contribution in [0.1, 0.15) is 22.5 Å². The highest BCUT2D eigenvalue weighted by molar-refractivity contribution is 7.12. The molecule has 1 fully saturated rings. The second-order valence-corrected chi connectivity index (χ2v) is 5.72. The normalized spacial score (nSPS) is 19.3. The lowest BCUT2D eigenvalue weighted by molar-refractivity contribution is -0.134. The fraction of sp³-hybridized carbons (Fsp3) is 0.538. The molecule has 2 heterocycles. The standard InChI is InChI=1S/C13H18N2O3S/c1-14(13(18)11-5-3-7-19-11)9-12(17)15-6-2-4-10(16)8-15/h3,5,7,10,16H,2,4,6,8-9H2,1H3/t10-/m0/s1. The summed E-state index contributed by atoms with van der Waals surface area (Å²) >= 11 is 1.37. The molecule has 104 valence electrons. The number of nitrogens with zero attached hydrogens (tertiary/aromatic N) is 2. The van der Waals surface area contributed by atoms with Crippen LogP contribution in [0.5, 0.6) is 0 Å². The lowest BCUT2D eigenvalue weighted by atomic mass is 10.1. The first kappa shape index (κ1) is 14.0. The Morgan fingerprint density at radius 3 is 3.00 bits per heavy atom. The molecule has 2 rings (SSSR count). The van der Waals surface area contributed by atoms with Crippen LogP contribution in [-0.4, -0.2) is 59.5 Å². The molecule has 6 heteroatoms. The molecular weight excluding hydrogens is 264 g/mol. The van der Waals surface area contributed by atoms with Crippen molar-refractivity contribution < 1.29 is 14.7 Å². The average molecular weight is 282 g/mol. The van der Waals surface area contributed by atoms with Gasteiger partial charge in [-0.1, -0.05) is 6.07 Å².